The summed E-state index contributed by atoms with van der Waals surface area (Å²) in [5.74, 6) is -3.89. The number of benzene rings is 2. The van der Waals surface area contributed by atoms with Gasteiger partial charge in [0.15, 0.2) is 28.7 Å². The maximum Gasteiger partial charge on any atom is 1.00 e. The second-order valence-corrected chi connectivity index (χ2v) is 13.7. The van der Waals surface area contributed by atoms with Gasteiger partial charge in [0, 0.05) is 44.7 Å². The first kappa shape index (κ1) is 46.1. The van der Waals surface area contributed by atoms with Crippen LogP contribution >= 0.6 is 0 Å². The Labute approximate surface area is 347 Å². The summed E-state index contributed by atoms with van der Waals surface area (Å²) in [6, 6.07) is 11.6. The Hall–Kier alpha value is -5.64. The number of Topliss-reactive ketones (excluding diaryl/α,β-unsaturated/α-hetero) is 1. The molecule has 4 N–H and O–H groups in total. The molecule has 0 aliphatic carbocycles. The van der Waals surface area contributed by atoms with Crippen molar-refractivity contribution < 1.29 is 77.1 Å². The van der Waals surface area contributed by atoms with E-state index in [2.05, 4.69) is 0 Å². The van der Waals surface area contributed by atoms with E-state index in [9.17, 15) is 47.8 Å². The number of nitrogens with zero attached hydrogens (tertiary/aromatic N) is 4. The number of ether oxygens (including phenoxy) is 2. The van der Waals surface area contributed by atoms with Gasteiger partial charge in [0.05, 0.1) is 31.9 Å². The average molecular weight is 815 g/mol. The van der Waals surface area contributed by atoms with Gasteiger partial charge in [0.2, 0.25) is 10.9 Å². The van der Waals surface area contributed by atoms with Crippen LogP contribution in [0.1, 0.15) is 89.1 Å². The predicted octanol–water partition coefficient (Wildman–Crippen LogP) is -0.412. The Morgan fingerprint density at radius 1 is 0.695 bits per heavy atom. The molecule has 8 rings (SSSR count). The second-order valence-electron chi connectivity index (χ2n) is 13.7. The number of carbonyl (C=O) groups is 4. The molecule has 0 saturated carbocycles. The minimum atomic E-state index is -1.31. The quantitative estimate of drug-likeness (QED) is 0.145. The molecule has 16 nitrogen and oxygen atoms in total. The van der Waals surface area contributed by atoms with E-state index in [1.807, 2.05) is 0 Å². The van der Waals surface area contributed by atoms with E-state index in [1.165, 1.54) is 38.5 Å². The number of aromatic nitrogens is 2. The molecule has 0 fully saturated rings. The van der Waals surface area contributed by atoms with Crippen LogP contribution in [0.3, 0.4) is 0 Å². The van der Waals surface area contributed by atoms with Crippen LogP contribution in [-0.2, 0) is 25.9 Å². The molecule has 19 heteroatoms. The van der Waals surface area contributed by atoms with Crippen molar-refractivity contribution in [3.8, 4) is 11.5 Å². The number of hydrogen-bond acceptors (Lipinski definition) is 11. The molecule has 0 spiro atoms. The third-order valence-electron chi connectivity index (χ3n) is 10.6. The first-order chi connectivity index (χ1) is 27.4. The van der Waals surface area contributed by atoms with Crippen LogP contribution in [0.25, 0.3) is 0 Å². The molecular formula is C40H41F2LiN4O12. The fourth-order valence-electron chi connectivity index (χ4n) is 8.17. The summed E-state index contributed by atoms with van der Waals surface area (Å²) < 4.78 is 40.1. The molecule has 6 heterocycles. The zero-order valence-electron chi connectivity index (χ0n) is 32.7. The number of carboxylic acid groups (broad SMARTS) is 1. The molecule has 2 aromatic carbocycles. The largest absolute Gasteiger partial charge is 1.00 e. The van der Waals surface area contributed by atoms with E-state index >= 15 is 0 Å². The van der Waals surface area contributed by atoms with Crippen molar-refractivity contribution in [3.63, 3.8) is 0 Å². The standard InChI is InChI=1S/C20H19FN2O5.C19H17FN2O5.CH4O.Li.H2O/c1-28-19-17-20(27)22(8-11-2-4-12(21)5-3-11)9-13-6-7-14(23(13)17)16(18(19)26)15(25)10-24;1-27-17-15-18(24)21(8-10-2-4-11(20)5-3-10)9-12-6-7-13(22(12)15)14(16(17)23)19(25)26;1-2;;/h2-5,13,24H,6-10H2,1H3;2-5,12H,6-9H2,1H3,(H,25,26);2H,1H3;;1H2/q;;;+1;/p-1. The first-order valence-electron chi connectivity index (χ1n) is 18.0. The van der Waals surface area contributed by atoms with Crippen LogP contribution in [0.4, 0.5) is 8.78 Å². The Morgan fingerprint density at radius 2 is 1.07 bits per heavy atom. The van der Waals surface area contributed by atoms with Gasteiger partial charge in [-0.05, 0) is 61.1 Å². The van der Waals surface area contributed by atoms with Crippen LogP contribution in [0.15, 0.2) is 58.1 Å². The monoisotopic (exact) mass is 814 g/mol. The zero-order chi connectivity index (χ0) is 41.3. The van der Waals surface area contributed by atoms with Gasteiger partial charge < -0.3 is 49.2 Å². The third-order valence-corrected chi connectivity index (χ3v) is 10.6. The van der Waals surface area contributed by atoms with Crippen molar-refractivity contribution in [3.05, 3.63) is 126 Å². The molecule has 2 aromatic heterocycles. The fourth-order valence-corrected chi connectivity index (χ4v) is 8.17. The van der Waals surface area contributed by atoms with Crippen LogP contribution in [-0.4, -0.2) is 104 Å². The Balaban J connectivity index is 0.000000242. The van der Waals surface area contributed by atoms with Crippen molar-refractivity contribution in [2.45, 2.75) is 50.9 Å². The number of amides is 2. The van der Waals surface area contributed by atoms with Gasteiger partial charge in [-0.3, -0.25) is 24.0 Å². The van der Waals surface area contributed by atoms with Gasteiger partial charge in [0.25, 0.3) is 11.8 Å². The predicted molar refractivity (Wildman–Crippen MR) is 200 cm³/mol. The SMILES string of the molecule is CO.COc1c2n3c(c(C(=O)CO)c1=O)CCC3CN(Cc1ccc(F)cc1)C2=O.COc1c2n3c(c(C(=O)O)c1=O)CCC3CN(Cc1ccc(F)cc1)C2=O.[Li+].[OH-]. The van der Waals surface area contributed by atoms with Gasteiger partial charge >= 0.3 is 24.8 Å². The fraction of sp³-hybridized carbons (Fsp3) is 0.350. The number of methoxy groups -OCH3 is 2. The van der Waals surface area contributed by atoms with Gasteiger partial charge in [-0.2, -0.15) is 0 Å². The molecule has 4 aromatic rings. The number of carbonyl (C=O) groups excluding carboxylic acids is 3. The Bertz CT molecular complexity index is 2390. The van der Waals surface area contributed by atoms with Gasteiger partial charge in [0.1, 0.15) is 23.8 Å². The topological polar surface area (TPSA) is 228 Å². The van der Waals surface area contributed by atoms with Crippen LogP contribution in [0, 0.1) is 11.6 Å². The van der Waals surface area contributed by atoms with Crippen molar-refractivity contribution in [1.29, 1.82) is 0 Å². The summed E-state index contributed by atoms with van der Waals surface area (Å²) in [4.78, 5) is 78.7. The third kappa shape index (κ3) is 8.32. The first-order valence-corrected chi connectivity index (χ1v) is 18.0. The number of pyridine rings is 2. The summed E-state index contributed by atoms with van der Waals surface area (Å²) >= 11 is 0. The van der Waals surface area contributed by atoms with Crippen LogP contribution < -0.4 is 39.2 Å². The minimum absolute atomic E-state index is 0. The van der Waals surface area contributed by atoms with Gasteiger partial charge in [-0.15, -0.1) is 0 Å². The molecule has 59 heavy (non-hydrogen) atoms. The number of ketones is 1. The average Bonchev–Trinajstić information content (AvgIpc) is 3.82. The Kier molecular flexibility index (Phi) is 14.8. The van der Waals surface area contributed by atoms with Gasteiger partial charge in [-0.1, -0.05) is 24.3 Å². The zero-order valence-corrected chi connectivity index (χ0v) is 32.7. The van der Waals surface area contributed by atoms with Gasteiger partial charge in [-0.25, -0.2) is 13.6 Å². The molecule has 0 bridgehead atoms. The molecule has 4 aliphatic rings. The molecule has 0 radical (unpaired) electrons. The summed E-state index contributed by atoms with van der Waals surface area (Å²) in [5, 5.41) is 25.7. The van der Waals surface area contributed by atoms with E-state index < -0.39 is 35.1 Å². The van der Waals surface area contributed by atoms with E-state index in [0.29, 0.717) is 50.2 Å². The number of aromatic carboxylic acids is 1. The van der Waals surface area contributed by atoms with Crippen molar-refractivity contribution in [2.24, 2.45) is 0 Å². The molecular weight excluding hydrogens is 773 g/mol. The van der Waals surface area contributed by atoms with E-state index in [-0.39, 0.29) is 101 Å². The summed E-state index contributed by atoms with van der Waals surface area (Å²) in [6.07, 6.45) is 2.18. The summed E-state index contributed by atoms with van der Waals surface area (Å²) in [5.41, 5.74) is 0.774. The van der Waals surface area contributed by atoms with Crippen molar-refractivity contribution in [1.82, 2.24) is 18.9 Å². The summed E-state index contributed by atoms with van der Waals surface area (Å²) in [6.45, 7) is 0.568. The smallest absolute Gasteiger partial charge is 0.870 e. The van der Waals surface area contributed by atoms with E-state index in [4.69, 9.17) is 14.6 Å². The number of hydrogen-bond donors (Lipinski definition) is 3. The van der Waals surface area contributed by atoms with Crippen molar-refractivity contribution in [2.75, 3.05) is 41.0 Å². The molecule has 2 unspecified atom stereocenters. The molecule has 2 atom stereocenters. The number of carboxylic acids is 1. The van der Waals surface area contributed by atoms with E-state index in [0.717, 1.165) is 18.2 Å². The van der Waals surface area contributed by atoms with E-state index in [1.54, 1.807) is 43.2 Å². The number of aliphatic hydroxyl groups is 2. The number of halogens is 2. The van der Waals surface area contributed by atoms with Crippen LogP contribution in [0.5, 0.6) is 11.5 Å². The summed E-state index contributed by atoms with van der Waals surface area (Å²) in [7, 11) is 3.53. The molecule has 308 valence electrons. The molecule has 2 amide bonds. The maximum absolute atomic E-state index is 13.2. The van der Waals surface area contributed by atoms with Crippen LogP contribution in [0.2, 0.25) is 0 Å². The molecule has 0 saturated heterocycles. The minimum Gasteiger partial charge on any atom is -0.870 e. The molecule has 4 aliphatic heterocycles. The maximum atomic E-state index is 13.2. The number of rotatable bonds is 9. The van der Waals surface area contributed by atoms with Crippen molar-refractivity contribution >= 4 is 23.6 Å². The normalized spacial score (nSPS) is 16.6. The second kappa shape index (κ2) is 19.0. The number of aliphatic hydroxyl groups excluding tert-OH is 2. The Morgan fingerprint density at radius 3 is 1.42 bits per heavy atom.